The van der Waals surface area contributed by atoms with Gasteiger partial charge in [0, 0.05) is 50.3 Å². The molecule has 2 nitrogen and oxygen atoms in total. The second-order valence-electron chi connectivity index (χ2n) is 0. The summed E-state index contributed by atoms with van der Waals surface area (Å²) in [5.74, 6) is 0. The molecule has 0 aromatic heterocycles. The quantitative estimate of drug-likeness (QED) is 0.409. The molecule has 0 aliphatic rings. The Balaban J connectivity index is 0. The summed E-state index contributed by atoms with van der Waals surface area (Å²) in [4.78, 5) is 0. The molecule has 0 heterocycles. The van der Waals surface area contributed by atoms with Crippen LogP contribution < -0.4 is 0 Å². The van der Waals surface area contributed by atoms with Crippen LogP contribution in [0.5, 0.6) is 0 Å². The monoisotopic (exact) mass is 216 g/mol. The van der Waals surface area contributed by atoms with Crippen LogP contribution in [0.3, 0.4) is 0 Å². The maximum Gasteiger partial charge on any atom is 0 e. The zero-order valence-corrected chi connectivity index (χ0v) is 5.24. The van der Waals surface area contributed by atoms with Crippen LogP contribution in [0.15, 0.2) is 0 Å². The molecule has 0 aliphatic heterocycles. The molecule has 0 aromatic carbocycles. The van der Waals surface area contributed by atoms with E-state index in [2.05, 4.69) is 0 Å². The third-order valence-electron chi connectivity index (χ3n) is 0. The molecule has 0 atom stereocenters. The topological polar surface area (TPSA) is 63.0 Å². The minimum Gasteiger partial charge on any atom is 0 e. The van der Waals surface area contributed by atoms with Gasteiger partial charge in [0.2, 0.25) is 0 Å². The van der Waals surface area contributed by atoms with Crippen molar-refractivity contribution < 1.29 is 61.3 Å². The van der Waals surface area contributed by atoms with E-state index in [-0.39, 0.29) is 80.2 Å². The molecule has 44 valence electrons. The van der Waals surface area contributed by atoms with Gasteiger partial charge in [0.1, 0.15) is 0 Å². The summed E-state index contributed by atoms with van der Waals surface area (Å²) >= 11 is 0. The van der Waals surface area contributed by atoms with E-state index < -0.39 is 0 Å². The molecule has 4 N–H and O–H groups in total. The largest absolute Gasteiger partial charge is 0 e. The van der Waals surface area contributed by atoms with E-state index in [1.807, 2.05) is 0 Å². The fourth-order valence-corrected chi connectivity index (χ4v) is 0. The molecular weight excluding hydrogens is 212 g/mol. The van der Waals surface area contributed by atoms with Crippen molar-refractivity contribution in [2.45, 2.75) is 0 Å². The molecule has 0 amide bonds. The van der Waals surface area contributed by atoms with Gasteiger partial charge >= 0.3 is 18.9 Å². The molecule has 0 rings (SSSR count). The minimum atomic E-state index is 0. The van der Waals surface area contributed by atoms with E-state index in [1.54, 1.807) is 0 Å². The maximum absolute atomic E-state index is 0. The Labute approximate surface area is 79.6 Å². The van der Waals surface area contributed by atoms with Crippen molar-refractivity contribution in [3.8, 4) is 0 Å². The number of hydrogen-bond donors (Lipinski definition) is 0. The third-order valence-corrected chi connectivity index (χ3v) is 0. The van der Waals surface area contributed by atoms with E-state index >= 15 is 0 Å². The SMILES string of the molecule is O.O.[Co].[LiH].[Mn].[Ni]. The Morgan fingerprint density at radius 1 is 0.833 bits per heavy atom. The zero-order valence-electron chi connectivity index (χ0n) is 2.03. The number of rotatable bonds is 0. The van der Waals surface area contributed by atoms with E-state index in [4.69, 9.17) is 0 Å². The molecule has 0 saturated carbocycles. The minimum absolute atomic E-state index is 0. The van der Waals surface area contributed by atoms with E-state index in [0.717, 1.165) is 0 Å². The second-order valence-corrected chi connectivity index (χ2v) is 0. The van der Waals surface area contributed by atoms with Crippen LogP contribution in [0.1, 0.15) is 0 Å². The van der Waals surface area contributed by atoms with Crippen LogP contribution in [0.4, 0.5) is 0 Å². The van der Waals surface area contributed by atoms with Crippen LogP contribution in [-0.2, 0) is 50.3 Å². The number of hydrogen-bond acceptors (Lipinski definition) is 0. The average molecular weight is 217 g/mol. The van der Waals surface area contributed by atoms with Crippen LogP contribution in [-0.4, -0.2) is 29.8 Å². The van der Waals surface area contributed by atoms with Gasteiger partial charge in [-0.05, 0) is 0 Å². The molecule has 0 aromatic rings. The van der Waals surface area contributed by atoms with Crippen LogP contribution in [0, 0.1) is 0 Å². The van der Waals surface area contributed by atoms with Crippen LogP contribution >= 0.6 is 0 Å². The molecule has 0 saturated heterocycles. The van der Waals surface area contributed by atoms with Gasteiger partial charge in [-0.25, -0.2) is 0 Å². The Bertz CT molecular complexity index is 13.5. The van der Waals surface area contributed by atoms with Gasteiger partial charge in [-0.1, -0.05) is 0 Å². The standard InChI is InChI=1S/Co.Li.Mn.Ni.2H2O.H/h;;;;2*1H2;. The summed E-state index contributed by atoms with van der Waals surface area (Å²) in [6.45, 7) is 0. The molecule has 0 unspecified atom stereocenters. The molecular formula is H5CoLiMnNiO2. The van der Waals surface area contributed by atoms with Crippen LogP contribution in [0.2, 0.25) is 0 Å². The van der Waals surface area contributed by atoms with E-state index in [1.165, 1.54) is 0 Å². The Kier molecular flexibility index (Phi) is 988. The fourth-order valence-electron chi connectivity index (χ4n) is 0. The molecule has 0 fully saturated rings. The van der Waals surface area contributed by atoms with Gasteiger partial charge in [-0.2, -0.15) is 0 Å². The van der Waals surface area contributed by atoms with Gasteiger partial charge in [-0.15, -0.1) is 0 Å². The summed E-state index contributed by atoms with van der Waals surface area (Å²) in [7, 11) is 0. The van der Waals surface area contributed by atoms with Gasteiger partial charge < -0.3 is 11.0 Å². The van der Waals surface area contributed by atoms with Gasteiger partial charge in [0.25, 0.3) is 0 Å². The smallest absolute Gasteiger partial charge is 0 e. The van der Waals surface area contributed by atoms with Crippen molar-refractivity contribution >= 4 is 18.9 Å². The summed E-state index contributed by atoms with van der Waals surface area (Å²) in [6, 6.07) is 0. The molecule has 0 aliphatic carbocycles. The Morgan fingerprint density at radius 3 is 0.833 bits per heavy atom. The zero-order chi connectivity index (χ0) is 0. The average Bonchev–Trinajstić information content (AvgIpc) is 0. The van der Waals surface area contributed by atoms with Crippen molar-refractivity contribution in [2.75, 3.05) is 0 Å². The van der Waals surface area contributed by atoms with Crippen molar-refractivity contribution in [2.24, 2.45) is 0 Å². The summed E-state index contributed by atoms with van der Waals surface area (Å²) in [5.41, 5.74) is 0. The third kappa shape index (κ3) is 36.9. The summed E-state index contributed by atoms with van der Waals surface area (Å²) in [5, 5.41) is 0. The first-order valence-corrected chi connectivity index (χ1v) is 0. The summed E-state index contributed by atoms with van der Waals surface area (Å²) < 4.78 is 0. The fraction of sp³-hybridized carbons (Fsp3) is 0. The second kappa shape index (κ2) is 61.8. The first-order valence-electron chi connectivity index (χ1n) is 0. The summed E-state index contributed by atoms with van der Waals surface area (Å²) in [6.07, 6.45) is 0. The molecule has 6 heavy (non-hydrogen) atoms. The van der Waals surface area contributed by atoms with Crippen molar-refractivity contribution in [3.63, 3.8) is 0 Å². The first-order chi connectivity index (χ1) is 0. The molecule has 0 spiro atoms. The first kappa shape index (κ1) is 95.9. The normalized spacial score (nSPS) is 0. The predicted octanol–water partition coefficient (Wildman–Crippen LogP) is -2.31. The Hall–Kier alpha value is 2.04. The molecule has 6 heteroatoms. The molecule has 2 radical (unpaired) electrons. The van der Waals surface area contributed by atoms with Crippen LogP contribution in [0.25, 0.3) is 0 Å². The van der Waals surface area contributed by atoms with Gasteiger partial charge in [-0.3, -0.25) is 0 Å². The van der Waals surface area contributed by atoms with Crippen molar-refractivity contribution in [1.82, 2.24) is 0 Å². The van der Waals surface area contributed by atoms with Gasteiger partial charge in [0.05, 0.1) is 0 Å². The van der Waals surface area contributed by atoms with Crippen molar-refractivity contribution in [3.05, 3.63) is 0 Å². The van der Waals surface area contributed by atoms with Crippen molar-refractivity contribution in [1.29, 1.82) is 0 Å². The maximum atomic E-state index is 0. The Morgan fingerprint density at radius 2 is 0.833 bits per heavy atom. The van der Waals surface area contributed by atoms with E-state index in [9.17, 15) is 0 Å². The molecule has 0 bridgehead atoms. The van der Waals surface area contributed by atoms with E-state index in [0.29, 0.717) is 0 Å². The van der Waals surface area contributed by atoms with Gasteiger partial charge in [0.15, 0.2) is 0 Å². The predicted molar refractivity (Wildman–Crippen MR) is 14.4 cm³/mol.